The van der Waals surface area contributed by atoms with E-state index < -0.39 is 12.3 Å². The summed E-state index contributed by atoms with van der Waals surface area (Å²) >= 11 is 6.29. The molecule has 1 N–H and O–H groups in total. The molecule has 0 aliphatic carbocycles. The van der Waals surface area contributed by atoms with E-state index in [2.05, 4.69) is 0 Å². The molecule has 5 nitrogen and oxygen atoms in total. The minimum absolute atomic E-state index is 0. The normalized spacial score (nSPS) is 21.6. The number of carboxylic acid groups (broad SMARTS) is 1. The molecule has 2 aromatic carbocycles. The van der Waals surface area contributed by atoms with Gasteiger partial charge in [0, 0.05) is 28.0 Å². The summed E-state index contributed by atoms with van der Waals surface area (Å²) in [5, 5.41) is 21.4. The Labute approximate surface area is 197 Å². The first-order valence-corrected chi connectivity index (χ1v) is 9.58. The van der Waals surface area contributed by atoms with Crippen molar-refractivity contribution in [2.45, 2.75) is 31.7 Å². The molecule has 29 heavy (non-hydrogen) atoms. The summed E-state index contributed by atoms with van der Waals surface area (Å²) in [6.45, 7) is 0.416. The number of carbonyl (C=O) groups excluding carboxylic acids is 1. The van der Waals surface area contributed by atoms with Crippen molar-refractivity contribution in [3.05, 3.63) is 76.8 Å². The number of carbonyl (C=O) groups is 1. The van der Waals surface area contributed by atoms with Gasteiger partial charge < -0.3 is 24.5 Å². The number of hydrogen-bond acceptors (Lipinski definition) is 5. The molecule has 0 spiro atoms. The quantitative estimate of drug-likeness (QED) is 0.528. The molecule has 3 atom stereocenters. The fraction of sp³-hybridized carbons (Fsp3) is 0.318. The topological polar surface area (TPSA) is 78.8 Å². The van der Waals surface area contributed by atoms with E-state index in [1.54, 1.807) is 18.2 Å². The second-order valence-electron chi connectivity index (χ2n) is 6.68. The van der Waals surface area contributed by atoms with Crippen molar-refractivity contribution in [2.75, 3.05) is 6.61 Å². The maximum atomic E-state index is 10.5. The Morgan fingerprint density at radius 1 is 1.14 bits per heavy atom. The van der Waals surface area contributed by atoms with E-state index in [9.17, 15) is 15.0 Å². The molecule has 0 radical (unpaired) electrons. The van der Waals surface area contributed by atoms with Crippen molar-refractivity contribution in [3.8, 4) is 5.75 Å². The van der Waals surface area contributed by atoms with Crippen molar-refractivity contribution >= 4 is 17.6 Å². The van der Waals surface area contributed by atoms with Crippen LogP contribution in [0.3, 0.4) is 0 Å². The minimum atomic E-state index is -1.07. The molecule has 0 saturated carbocycles. The monoisotopic (exact) mass is 424 g/mol. The number of benzene rings is 2. The van der Waals surface area contributed by atoms with Crippen LogP contribution in [-0.2, 0) is 14.3 Å². The molecular weight excluding hydrogens is 403 g/mol. The van der Waals surface area contributed by atoms with E-state index in [-0.39, 0.29) is 53.7 Å². The fourth-order valence-electron chi connectivity index (χ4n) is 3.25. The maximum Gasteiger partial charge on any atom is 1.00 e. The number of para-hydroxylation sites is 1. The van der Waals surface area contributed by atoms with Crippen LogP contribution in [0.5, 0.6) is 5.75 Å². The molecule has 1 heterocycles. The van der Waals surface area contributed by atoms with Gasteiger partial charge in [0.15, 0.2) is 6.29 Å². The van der Waals surface area contributed by atoms with Crippen LogP contribution in [0, 0.1) is 5.92 Å². The number of hydrogen-bond donors (Lipinski definition) is 1. The van der Waals surface area contributed by atoms with E-state index in [1.165, 1.54) is 0 Å². The number of allylic oxidation sites excluding steroid dienone is 2. The summed E-state index contributed by atoms with van der Waals surface area (Å²) in [5.41, 5.74) is 1.43. The van der Waals surface area contributed by atoms with Gasteiger partial charge in [0.1, 0.15) is 5.75 Å². The van der Waals surface area contributed by atoms with Crippen molar-refractivity contribution in [3.63, 3.8) is 0 Å². The zero-order chi connectivity index (χ0) is 19.9. The van der Waals surface area contributed by atoms with Crippen LogP contribution in [0.1, 0.15) is 42.8 Å². The zero-order valence-electron chi connectivity index (χ0n) is 16.3. The van der Waals surface area contributed by atoms with Crippen molar-refractivity contribution < 1.29 is 54.0 Å². The van der Waals surface area contributed by atoms with Gasteiger partial charge in [-0.1, -0.05) is 60.2 Å². The Bertz CT molecular complexity index is 841. The van der Waals surface area contributed by atoms with Crippen LogP contribution >= 0.6 is 11.6 Å². The Balaban J connectivity index is 0.00000300. The predicted octanol–water partition coefficient (Wildman–Crippen LogP) is 0.929. The molecule has 148 valence electrons. The SMILES string of the molecule is O=C([O-])CC/C=C\CC1COC(c2ccccc2Cl)OC1c1ccccc1O.[Na+]. The Morgan fingerprint density at radius 3 is 2.52 bits per heavy atom. The largest absolute Gasteiger partial charge is 1.00 e. The smallest absolute Gasteiger partial charge is 0.550 e. The van der Waals surface area contributed by atoms with Gasteiger partial charge in [-0.15, -0.1) is 0 Å². The molecule has 3 unspecified atom stereocenters. The van der Waals surface area contributed by atoms with Gasteiger partial charge in [-0.3, -0.25) is 0 Å². The Morgan fingerprint density at radius 2 is 1.83 bits per heavy atom. The molecule has 7 heteroatoms. The summed E-state index contributed by atoms with van der Waals surface area (Å²) in [6, 6.07) is 14.4. The molecule has 0 aromatic heterocycles. The van der Waals surface area contributed by atoms with E-state index in [0.717, 1.165) is 5.56 Å². The second kappa shape index (κ2) is 11.7. The number of ether oxygens (including phenoxy) is 2. The van der Waals surface area contributed by atoms with Gasteiger partial charge in [0.05, 0.1) is 12.7 Å². The van der Waals surface area contributed by atoms with Crippen LogP contribution in [0.2, 0.25) is 5.02 Å². The van der Waals surface area contributed by atoms with Gasteiger partial charge >= 0.3 is 29.6 Å². The molecule has 0 amide bonds. The van der Waals surface area contributed by atoms with Gasteiger partial charge in [0.25, 0.3) is 0 Å². The predicted molar refractivity (Wildman–Crippen MR) is 104 cm³/mol. The first-order chi connectivity index (χ1) is 13.6. The number of aromatic hydroxyl groups is 1. The Kier molecular flexibility index (Phi) is 9.69. The van der Waals surface area contributed by atoms with Crippen molar-refractivity contribution in [2.24, 2.45) is 5.92 Å². The number of phenols is 1. The summed E-state index contributed by atoms with van der Waals surface area (Å²) in [6.07, 6.45) is 3.76. The van der Waals surface area contributed by atoms with Crippen LogP contribution in [0.15, 0.2) is 60.7 Å². The summed E-state index contributed by atoms with van der Waals surface area (Å²) in [4.78, 5) is 10.5. The average Bonchev–Trinajstić information content (AvgIpc) is 2.68. The first-order valence-electron chi connectivity index (χ1n) is 9.20. The molecule has 0 bridgehead atoms. The molecule has 3 rings (SSSR count). The summed E-state index contributed by atoms with van der Waals surface area (Å²) in [5.74, 6) is -0.937. The van der Waals surface area contributed by atoms with Crippen molar-refractivity contribution in [1.29, 1.82) is 0 Å². The molecule has 1 aliphatic heterocycles. The van der Waals surface area contributed by atoms with Gasteiger partial charge in [-0.25, -0.2) is 0 Å². The van der Waals surface area contributed by atoms with Crippen LogP contribution in [0.4, 0.5) is 0 Å². The zero-order valence-corrected chi connectivity index (χ0v) is 19.0. The third kappa shape index (κ3) is 6.57. The van der Waals surface area contributed by atoms with E-state index in [4.69, 9.17) is 21.1 Å². The van der Waals surface area contributed by atoms with Gasteiger partial charge in [-0.05, 0) is 31.4 Å². The molecule has 2 aromatic rings. The van der Waals surface area contributed by atoms with Gasteiger partial charge in [-0.2, -0.15) is 0 Å². The van der Waals surface area contributed by atoms with E-state index in [0.29, 0.717) is 30.0 Å². The molecule has 1 fully saturated rings. The Hall–Kier alpha value is -1.34. The first kappa shape index (κ1) is 23.9. The maximum absolute atomic E-state index is 10.5. The summed E-state index contributed by atoms with van der Waals surface area (Å²) in [7, 11) is 0. The molecule has 1 saturated heterocycles. The number of halogens is 1. The van der Waals surface area contributed by atoms with Crippen LogP contribution in [0.25, 0.3) is 0 Å². The number of carboxylic acids is 1. The molecule has 1 aliphatic rings. The average molecular weight is 425 g/mol. The number of rotatable bonds is 7. The molecular formula is C22H22ClNaO5. The van der Waals surface area contributed by atoms with Crippen LogP contribution in [-0.4, -0.2) is 17.7 Å². The second-order valence-corrected chi connectivity index (χ2v) is 7.09. The van der Waals surface area contributed by atoms with Crippen LogP contribution < -0.4 is 34.7 Å². The van der Waals surface area contributed by atoms with Crippen molar-refractivity contribution in [1.82, 2.24) is 0 Å². The van der Waals surface area contributed by atoms with Gasteiger partial charge in [0.2, 0.25) is 0 Å². The van der Waals surface area contributed by atoms with E-state index in [1.807, 2.05) is 42.5 Å². The standard InChI is InChI=1S/C22H23ClO5.Na/c23-18-11-6-4-9-16(18)22-27-14-15(8-2-1-3-13-20(25)26)21(28-22)17-10-5-7-12-19(17)24;/h1-2,4-7,9-12,15,21-22,24H,3,8,13-14H2,(H,25,26);/q;+1/p-1/b2-1-;. The summed E-state index contributed by atoms with van der Waals surface area (Å²) < 4.78 is 12.1. The number of aliphatic carboxylic acids is 1. The number of phenolic OH excluding ortho intramolecular Hbond substituents is 1. The fourth-order valence-corrected chi connectivity index (χ4v) is 3.47. The minimum Gasteiger partial charge on any atom is -0.550 e. The third-order valence-corrected chi connectivity index (χ3v) is 5.03. The van der Waals surface area contributed by atoms with E-state index >= 15 is 0 Å². The third-order valence-electron chi connectivity index (χ3n) is 4.68.